The van der Waals surface area contributed by atoms with Gasteiger partial charge in [0.2, 0.25) is 5.88 Å². The van der Waals surface area contributed by atoms with Crippen LogP contribution in [0.5, 0.6) is 5.88 Å². The molecule has 1 aromatic rings. The van der Waals surface area contributed by atoms with E-state index >= 15 is 0 Å². The van der Waals surface area contributed by atoms with Crippen molar-refractivity contribution >= 4 is 0 Å². The minimum atomic E-state index is 0.504. The monoisotopic (exact) mass is 196 g/mol. The second kappa shape index (κ2) is 6.34. The first-order valence-corrected chi connectivity index (χ1v) is 4.72. The van der Waals surface area contributed by atoms with E-state index in [4.69, 9.17) is 15.2 Å². The van der Waals surface area contributed by atoms with E-state index in [2.05, 4.69) is 4.98 Å². The summed E-state index contributed by atoms with van der Waals surface area (Å²) in [6.07, 6.45) is 1.69. The summed E-state index contributed by atoms with van der Waals surface area (Å²) in [6.45, 7) is 4.27. The van der Waals surface area contributed by atoms with E-state index in [0.29, 0.717) is 32.2 Å². The van der Waals surface area contributed by atoms with Crippen LogP contribution in [0.4, 0.5) is 0 Å². The van der Waals surface area contributed by atoms with Crippen LogP contribution in [-0.4, -0.2) is 24.8 Å². The van der Waals surface area contributed by atoms with Gasteiger partial charge in [0, 0.05) is 25.4 Å². The molecule has 0 fully saturated rings. The minimum Gasteiger partial charge on any atom is -0.475 e. The van der Waals surface area contributed by atoms with E-state index in [0.717, 1.165) is 5.56 Å². The number of rotatable bonds is 6. The Kier molecular flexibility index (Phi) is 4.96. The Morgan fingerprint density at radius 2 is 2.29 bits per heavy atom. The summed E-state index contributed by atoms with van der Waals surface area (Å²) in [7, 11) is 0. The van der Waals surface area contributed by atoms with Crippen LogP contribution in [0, 0.1) is 0 Å². The number of nitrogens with two attached hydrogens (primary N) is 1. The molecule has 0 aliphatic carbocycles. The molecule has 0 atom stereocenters. The van der Waals surface area contributed by atoms with Crippen molar-refractivity contribution in [1.29, 1.82) is 0 Å². The molecular weight excluding hydrogens is 180 g/mol. The van der Waals surface area contributed by atoms with Crippen molar-refractivity contribution in [2.45, 2.75) is 13.5 Å². The van der Waals surface area contributed by atoms with Crippen molar-refractivity contribution in [3.05, 3.63) is 23.9 Å². The molecule has 14 heavy (non-hydrogen) atoms. The van der Waals surface area contributed by atoms with Gasteiger partial charge in [-0.1, -0.05) is 0 Å². The van der Waals surface area contributed by atoms with Gasteiger partial charge in [0.15, 0.2) is 0 Å². The summed E-state index contributed by atoms with van der Waals surface area (Å²) in [5.74, 6) is 0.604. The molecule has 0 aromatic carbocycles. The third-order valence-corrected chi connectivity index (χ3v) is 1.72. The lowest BCUT2D eigenvalue weighted by atomic mass is 10.3. The molecule has 0 saturated heterocycles. The molecule has 0 amide bonds. The summed E-state index contributed by atoms with van der Waals surface area (Å²) in [6, 6.07) is 3.71. The van der Waals surface area contributed by atoms with Gasteiger partial charge in [-0.2, -0.15) is 0 Å². The van der Waals surface area contributed by atoms with Crippen LogP contribution in [0.1, 0.15) is 12.5 Å². The lowest BCUT2D eigenvalue weighted by molar-refractivity contribution is 0.108. The number of hydrogen-bond acceptors (Lipinski definition) is 4. The van der Waals surface area contributed by atoms with E-state index in [1.54, 1.807) is 6.20 Å². The van der Waals surface area contributed by atoms with Crippen molar-refractivity contribution in [2.24, 2.45) is 5.73 Å². The molecule has 0 saturated carbocycles. The average Bonchev–Trinajstić information content (AvgIpc) is 2.25. The highest BCUT2D eigenvalue weighted by Crippen LogP contribution is 2.08. The summed E-state index contributed by atoms with van der Waals surface area (Å²) in [5.41, 5.74) is 6.51. The SMILES string of the molecule is CCOCCOc1cc(CN)ccn1. The Balaban J connectivity index is 2.34. The highest BCUT2D eigenvalue weighted by atomic mass is 16.5. The molecule has 1 aromatic heterocycles. The highest BCUT2D eigenvalue weighted by molar-refractivity contribution is 5.19. The summed E-state index contributed by atoms with van der Waals surface area (Å²) < 4.78 is 10.5. The van der Waals surface area contributed by atoms with Gasteiger partial charge in [-0.3, -0.25) is 0 Å². The zero-order valence-electron chi connectivity index (χ0n) is 8.40. The first-order valence-electron chi connectivity index (χ1n) is 4.72. The Labute approximate surface area is 84.0 Å². The van der Waals surface area contributed by atoms with Crippen LogP contribution < -0.4 is 10.5 Å². The highest BCUT2D eigenvalue weighted by Gasteiger charge is 1.96. The van der Waals surface area contributed by atoms with Gasteiger partial charge in [-0.25, -0.2) is 4.98 Å². The molecule has 0 radical (unpaired) electrons. The van der Waals surface area contributed by atoms with Gasteiger partial charge in [0.25, 0.3) is 0 Å². The molecule has 0 aliphatic rings. The Morgan fingerprint density at radius 3 is 3.00 bits per heavy atom. The van der Waals surface area contributed by atoms with Crippen LogP contribution in [0.25, 0.3) is 0 Å². The molecule has 1 heterocycles. The van der Waals surface area contributed by atoms with E-state index in [9.17, 15) is 0 Å². The fraction of sp³-hybridized carbons (Fsp3) is 0.500. The zero-order valence-corrected chi connectivity index (χ0v) is 8.40. The smallest absolute Gasteiger partial charge is 0.213 e. The first-order chi connectivity index (χ1) is 6.86. The number of hydrogen-bond donors (Lipinski definition) is 1. The van der Waals surface area contributed by atoms with Gasteiger partial charge >= 0.3 is 0 Å². The van der Waals surface area contributed by atoms with Crippen LogP contribution in [0.2, 0.25) is 0 Å². The van der Waals surface area contributed by atoms with Crippen molar-refractivity contribution < 1.29 is 9.47 Å². The Morgan fingerprint density at radius 1 is 1.43 bits per heavy atom. The molecule has 1 rings (SSSR count). The van der Waals surface area contributed by atoms with Crippen molar-refractivity contribution in [3.8, 4) is 5.88 Å². The molecule has 4 heteroatoms. The molecule has 0 unspecified atom stereocenters. The van der Waals surface area contributed by atoms with Crippen molar-refractivity contribution in [3.63, 3.8) is 0 Å². The maximum Gasteiger partial charge on any atom is 0.213 e. The van der Waals surface area contributed by atoms with Gasteiger partial charge in [0.05, 0.1) is 6.61 Å². The maximum atomic E-state index is 5.49. The number of ether oxygens (including phenoxy) is 2. The molecule has 78 valence electrons. The van der Waals surface area contributed by atoms with E-state index in [-0.39, 0.29) is 0 Å². The maximum absolute atomic E-state index is 5.49. The predicted octanol–water partition coefficient (Wildman–Crippen LogP) is 0.956. The van der Waals surface area contributed by atoms with Gasteiger partial charge in [0.1, 0.15) is 6.61 Å². The Hall–Kier alpha value is -1.13. The molecule has 0 spiro atoms. The third-order valence-electron chi connectivity index (χ3n) is 1.72. The van der Waals surface area contributed by atoms with Crippen molar-refractivity contribution in [2.75, 3.05) is 19.8 Å². The summed E-state index contributed by atoms with van der Waals surface area (Å²) in [5, 5.41) is 0. The van der Waals surface area contributed by atoms with Crippen molar-refractivity contribution in [1.82, 2.24) is 4.98 Å². The van der Waals surface area contributed by atoms with Gasteiger partial charge in [-0.15, -0.1) is 0 Å². The zero-order chi connectivity index (χ0) is 10.2. The predicted molar refractivity (Wildman–Crippen MR) is 54.1 cm³/mol. The van der Waals surface area contributed by atoms with Crippen LogP contribution in [0.15, 0.2) is 18.3 Å². The largest absolute Gasteiger partial charge is 0.475 e. The lowest BCUT2D eigenvalue weighted by Gasteiger charge is -2.05. The van der Waals surface area contributed by atoms with Crippen LogP contribution >= 0.6 is 0 Å². The first kappa shape index (κ1) is 10.9. The fourth-order valence-electron chi connectivity index (χ4n) is 1.01. The van der Waals surface area contributed by atoms with Crippen LogP contribution in [-0.2, 0) is 11.3 Å². The minimum absolute atomic E-state index is 0.504. The molecule has 0 bridgehead atoms. The average molecular weight is 196 g/mol. The second-order valence-electron chi connectivity index (χ2n) is 2.75. The topological polar surface area (TPSA) is 57.4 Å². The van der Waals surface area contributed by atoms with Crippen LogP contribution in [0.3, 0.4) is 0 Å². The number of pyridine rings is 1. The van der Waals surface area contributed by atoms with Gasteiger partial charge in [-0.05, 0) is 18.6 Å². The van der Waals surface area contributed by atoms with E-state index in [1.165, 1.54) is 0 Å². The van der Waals surface area contributed by atoms with E-state index < -0.39 is 0 Å². The molecular formula is C10H16N2O2. The summed E-state index contributed by atoms with van der Waals surface area (Å²) >= 11 is 0. The molecule has 4 nitrogen and oxygen atoms in total. The number of aromatic nitrogens is 1. The van der Waals surface area contributed by atoms with E-state index in [1.807, 2.05) is 19.1 Å². The van der Waals surface area contributed by atoms with Gasteiger partial charge < -0.3 is 15.2 Å². The second-order valence-corrected chi connectivity index (χ2v) is 2.75. The summed E-state index contributed by atoms with van der Waals surface area (Å²) in [4.78, 5) is 4.05. The molecule has 0 aliphatic heterocycles. The number of nitrogens with zero attached hydrogens (tertiary/aromatic N) is 1. The fourth-order valence-corrected chi connectivity index (χ4v) is 1.01. The normalized spacial score (nSPS) is 10.1. The Bertz CT molecular complexity index is 266. The standard InChI is InChI=1S/C10H16N2O2/c1-2-13-5-6-14-10-7-9(8-11)3-4-12-10/h3-4,7H,2,5-6,8,11H2,1H3. The lowest BCUT2D eigenvalue weighted by Crippen LogP contribution is -2.07. The third kappa shape index (κ3) is 3.72. The molecule has 2 N–H and O–H groups in total. The quantitative estimate of drug-likeness (QED) is 0.688.